The van der Waals surface area contributed by atoms with Crippen LogP contribution < -0.4 is 10.1 Å². The van der Waals surface area contributed by atoms with Crippen molar-refractivity contribution in [2.75, 3.05) is 12.4 Å². The largest absolute Gasteiger partial charge is 0.497 e. The van der Waals surface area contributed by atoms with Crippen LogP contribution >= 0.6 is 34.5 Å². The topological polar surface area (TPSA) is 55.6 Å². The van der Waals surface area contributed by atoms with Crippen LogP contribution in [0.5, 0.6) is 5.75 Å². The lowest BCUT2D eigenvalue weighted by molar-refractivity contribution is -0.115. The minimum atomic E-state index is -0.158. The first kappa shape index (κ1) is 18.8. The third-order valence-corrected chi connectivity index (χ3v) is 5.46. The maximum absolute atomic E-state index is 12.5. The lowest BCUT2D eigenvalue weighted by Crippen LogP contribution is -2.15. The van der Waals surface area contributed by atoms with Crippen molar-refractivity contribution in [2.24, 2.45) is 0 Å². The zero-order chi connectivity index (χ0) is 19.7. The van der Waals surface area contributed by atoms with Crippen LogP contribution in [0.1, 0.15) is 5.69 Å². The molecule has 0 atom stereocenters. The fraction of sp³-hybridized carbons (Fsp3) is 0.100. The predicted octanol–water partition coefficient (Wildman–Crippen LogP) is 5.56. The Morgan fingerprint density at radius 2 is 2.00 bits per heavy atom. The second-order valence-corrected chi connectivity index (χ2v) is 7.83. The number of ether oxygens (including phenoxy) is 1. The summed E-state index contributed by atoms with van der Waals surface area (Å²) in [5, 5.41) is 5.70. The Balaban J connectivity index is 1.55. The molecule has 0 fully saturated rings. The van der Waals surface area contributed by atoms with Gasteiger partial charge in [-0.3, -0.25) is 9.20 Å². The second kappa shape index (κ2) is 7.83. The molecule has 0 spiro atoms. The van der Waals surface area contributed by atoms with Gasteiger partial charge in [0.15, 0.2) is 4.96 Å². The van der Waals surface area contributed by atoms with Gasteiger partial charge in [-0.15, -0.1) is 11.3 Å². The monoisotopic (exact) mass is 431 g/mol. The van der Waals surface area contributed by atoms with Crippen LogP contribution in [0, 0.1) is 0 Å². The number of thiazole rings is 1. The first-order valence-electron chi connectivity index (χ1n) is 8.37. The number of fused-ring (bicyclic) bond motifs is 1. The van der Waals surface area contributed by atoms with Crippen molar-refractivity contribution in [3.05, 3.63) is 69.8 Å². The van der Waals surface area contributed by atoms with Crippen LogP contribution in [0.2, 0.25) is 10.0 Å². The molecule has 8 heteroatoms. The van der Waals surface area contributed by atoms with Gasteiger partial charge < -0.3 is 10.1 Å². The predicted molar refractivity (Wildman–Crippen MR) is 114 cm³/mol. The highest BCUT2D eigenvalue weighted by atomic mass is 35.5. The quantitative estimate of drug-likeness (QED) is 0.449. The van der Waals surface area contributed by atoms with Gasteiger partial charge in [-0.2, -0.15) is 0 Å². The minimum absolute atomic E-state index is 0.158. The molecule has 4 rings (SSSR count). The Bertz CT molecular complexity index is 1150. The van der Waals surface area contributed by atoms with Gasteiger partial charge in [0.2, 0.25) is 5.91 Å². The highest BCUT2D eigenvalue weighted by Crippen LogP contribution is 2.27. The molecule has 2 heterocycles. The van der Waals surface area contributed by atoms with E-state index in [0.717, 1.165) is 27.7 Å². The number of nitrogens with zero attached hydrogens (tertiary/aromatic N) is 2. The number of aromatic nitrogens is 2. The maximum Gasteiger partial charge on any atom is 0.230 e. The van der Waals surface area contributed by atoms with E-state index in [9.17, 15) is 4.79 Å². The molecule has 0 saturated carbocycles. The van der Waals surface area contributed by atoms with Crippen LogP contribution in [0.15, 0.2) is 54.0 Å². The van der Waals surface area contributed by atoms with Crippen molar-refractivity contribution in [1.82, 2.24) is 9.38 Å². The molecule has 142 valence electrons. The summed E-state index contributed by atoms with van der Waals surface area (Å²) >= 11 is 13.5. The van der Waals surface area contributed by atoms with E-state index < -0.39 is 0 Å². The van der Waals surface area contributed by atoms with Gasteiger partial charge in [-0.1, -0.05) is 35.3 Å². The molecular formula is C20H15Cl2N3O2S. The number of hydrogen-bond donors (Lipinski definition) is 1. The number of hydrogen-bond acceptors (Lipinski definition) is 4. The van der Waals surface area contributed by atoms with Gasteiger partial charge in [0.05, 0.1) is 19.2 Å². The van der Waals surface area contributed by atoms with Crippen molar-refractivity contribution in [3.63, 3.8) is 0 Å². The van der Waals surface area contributed by atoms with E-state index in [0.29, 0.717) is 15.7 Å². The number of methoxy groups -OCH3 is 1. The molecule has 1 amide bonds. The second-order valence-electron chi connectivity index (χ2n) is 6.12. The fourth-order valence-corrected chi connectivity index (χ4v) is 4.27. The summed E-state index contributed by atoms with van der Waals surface area (Å²) in [4.78, 5) is 17.9. The number of carbonyl (C=O) groups excluding carboxylic acids is 1. The zero-order valence-electron chi connectivity index (χ0n) is 14.8. The highest BCUT2D eigenvalue weighted by molar-refractivity contribution is 7.15. The molecule has 0 bridgehead atoms. The summed E-state index contributed by atoms with van der Waals surface area (Å²) in [5.74, 6) is 0.614. The van der Waals surface area contributed by atoms with E-state index in [-0.39, 0.29) is 12.3 Å². The van der Waals surface area contributed by atoms with Gasteiger partial charge in [-0.25, -0.2) is 4.98 Å². The van der Waals surface area contributed by atoms with Crippen LogP contribution in [0.4, 0.5) is 5.69 Å². The molecular weight excluding hydrogens is 417 g/mol. The maximum atomic E-state index is 12.5. The lowest BCUT2D eigenvalue weighted by atomic mass is 10.1. The molecule has 2 aromatic carbocycles. The number of anilines is 1. The number of imidazole rings is 1. The SMILES string of the molecule is COc1cccc(-c2cn3c(CC(=O)Nc4cc(Cl)cc(Cl)c4)csc3n2)c1. The molecule has 0 aliphatic rings. The summed E-state index contributed by atoms with van der Waals surface area (Å²) < 4.78 is 7.21. The van der Waals surface area contributed by atoms with E-state index in [1.807, 2.05) is 40.2 Å². The van der Waals surface area contributed by atoms with Crippen molar-refractivity contribution in [1.29, 1.82) is 0 Å². The molecule has 2 aromatic heterocycles. The normalized spacial score (nSPS) is 11.0. The smallest absolute Gasteiger partial charge is 0.230 e. The fourth-order valence-electron chi connectivity index (χ4n) is 2.87. The van der Waals surface area contributed by atoms with E-state index in [1.165, 1.54) is 11.3 Å². The number of amides is 1. The van der Waals surface area contributed by atoms with Gasteiger partial charge in [-0.05, 0) is 30.3 Å². The summed E-state index contributed by atoms with van der Waals surface area (Å²) in [6.07, 6.45) is 2.14. The number of carbonyl (C=O) groups is 1. The number of benzene rings is 2. The molecule has 4 aromatic rings. The van der Waals surface area contributed by atoms with Gasteiger partial charge in [0.1, 0.15) is 5.75 Å². The third kappa shape index (κ3) is 3.99. The molecule has 0 aliphatic carbocycles. The number of rotatable bonds is 5. The zero-order valence-corrected chi connectivity index (χ0v) is 17.1. The molecule has 5 nitrogen and oxygen atoms in total. The van der Waals surface area contributed by atoms with Crippen molar-refractivity contribution in [2.45, 2.75) is 6.42 Å². The minimum Gasteiger partial charge on any atom is -0.497 e. The Hall–Kier alpha value is -2.54. The Morgan fingerprint density at radius 3 is 2.75 bits per heavy atom. The van der Waals surface area contributed by atoms with Crippen molar-refractivity contribution in [3.8, 4) is 17.0 Å². The molecule has 0 saturated heterocycles. The van der Waals surface area contributed by atoms with E-state index >= 15 is 0 Å². The summed E-state index contributed by atoms with van der Waals surface area (Å²) in [6, 6.07) is 12.7. The van der Waals surface area contributed by atoms with Crippen LogP contribution in [-0.4, -0.2) is 22.4 Å². The lowest BCUT2D eigenvalue weighted by Gasteiger charge is -2.06. The van der Waals surface area contributed by atoms with Gasteiger partial charge >= 0.3 is 0 Å². The number of nitrogens with one attached hydrogen (secondary N) is 1. The third-order valence-electron chi connectivity index (χ3n) is 4.14. The van der Waals surface area contributed by atoms with Crippen molar-refractivity contribution >= 4 is 51.1 Å². The molecule has 0 unspecified atom stereocenters. The Labute approximate surface area is 175 Å². The standard InChI is InChI=1S/C20H15Cl2N3O2S/c1-27-17-4-2-3-12(5-17)18-10-25-16(11-28-20(25)24-18)9-19(26)23-15-7-13(21)6-14(22)8-15/h2-8,10-11H,9H2,1H3,(H,23,26). The highest BCUT2D eigenvalue weighted by Gasteiger charge is 2.13. The Morgan fingerprint density at radius 1 is 1.21 bits per heavy atom. The average molecular weight is 432 g/mol. The summed E-state index contributed by atoms with van der Waals surface area (Å²) in [6.45, 7) is 0. The molecule has 0 aliphatic heterocycles. The Kier molecular flexibility index (Phi) is 5.26. The molecule has 1 N–H and O–H groups in total. The van der Waals surface area contributed by atoms with E-state index in [4.69, 9.17) is 27.9 Å². The first-order valence-corrected chi connectivity index (χ1v) is 10.0. The van der Waals surface area contributed by atoms with Crippen LogP contribution in [0.25, 0.3) is 16.2 Å². The molecule has 0 radical (unpaired) electrons. The number of halogens is 2. The van der Waals surface area contributed by atoms with E-state index in [1.54, 1.807) is 25.3 Å². The van der Waals surface area contributed by atoms with Crippen LogP contribution in [0.3, 0.4) is 0 Å². The van der Waals surface area contributed by atoms with Gasteiger partial charge in [0, 0.05) is 38.6 Å². The van der Waals surface area contributed by atoms with E-state index in [2.05, 4.69) is 10.3 Å². The van der Waals surface area contributed by atoms with Gasteiger partial charge in [0.25, 0.3) is 0 Å². The van der Waals surface area contributed by atoms with Crippen LogP contribution in [-0.2, 0) is 11.2 Å². The van der Waals surface area contributed by atoms with Crippen molar-refractivity contribution < 1.29 is 9.53 Å². The first-order chi connectivity index (χ1) is 13.5. The average Bonchev–Trinajstić information content (AvgIpc) is 3.23. The summed E-state index contributed by atoms with van der Waals surface area (Å²) in [5.41, 5.74) is 3.21. The molecule has 28 heavy (non-hydrogen) atoms. The summed E-state index contributed by atoms with van der Waals surface area (Å²) in [7, 11) is 1.63.